The van der Waals surface area contributed by atoms with E-state index in [1.807, 2.05) is 6.07 Å². The van der Waals surface area contributed by atoms with E-state index in [4.69, 9.17) is 0 Å². The number of ether oxygens (including phenoxy) is 1. The summed E-state index contributed by atoms with van der Waals surface area (Å²) >= 11 is 0. The van der Waals surface area contributed by atoms with Crippen molar-refractivity contribution < 1.29 is 23.0 Å². The summed E-state index contributed by atoms with van der Waals surface area (Å²) in [5.74, 6) is -0.370. The predicted molar refractivity (Wildman–Crippen MR) is 141 cm³/mol. The second-order valence-electron chi connectivity index (χ2n) is 9.75. The zero-order chi connectivity index (χ0) is 24.0. The maximum absolute atomic E-state index is 12.6. The van der Waals surface area contributed by atoms with Crippen molar-refractivity contribution in [2.75, 3.05) is 32.7 Å². The van der Waals surface area contributed by atoms with Crippen LogP contribution in [0, 0.1) is 0 Å². The van der Waals surface area contributed by atoms with Gasteiger partial charge in [0.25, 0.3) is 0 Å². The average Bonchev–Trinajstić information content (AvgIpc) is 3.03. The second kappa shape index (κ2) is 13.9. The van der Waals surface area contributed by atoms with Crippen molar-refractivity contribution in [2.24, 2.45) is 0 Å². The van der Waals surface area contributed by atoms with Crippen LogP contribution < -0.4 is 4.74 Å². The molecule has 4 nitrogen and oxygen atoms in total. The molecule has 1 unspecified atom stereocenters. The van der Waals surface area contributed by atoms with Crippen molar-refractivity contribution in [1.29, 1.82) is 0 Å². The van der Waals surface area contributed by atoms with Gasteiger partial charge in [0, 0.05) is 32.1 Å². The van der Waals surface area contributed by atoms with Gasteiger partial charge in [0.2, 0.25) is 0 Å². The summed E-state index contributed by atoms with van der Waals surface area (Å²) in [6, 6.07) is 16.6. The van der Waals surface area contributed by atoms with E-state index >= 15 is 0 Å². The Labute approximate surface area is 224 Å². The third-order valence-corrected chi connectivity index (χ3v) is 7.25. The smallest absolute Gasteiger partial charge is 0.406 e. The van der Waals surface area contributed by atoms with Crippen LogP contribution in [-0.4, -0.2) is 59.6 Å². The minimum absolute atomic E-state index is 0. The largest absolute Gasteiger partial charge is 0.573 e. The number of hydrogen-bond acceptors (Lipinski definition) is 4. The molecule has 0 bridgehead atoms. The number of alkyl halides is 3. The molecule has 36 heavy (non-hydrogen) atoms. The molecule has 1 aliphatic heterocycles. The van der Waals surface area contributed by atoms with Crippen molar-refractivity contribution >= 4 is 24.8 Å². The summed E-state index contributed by atoms with van der Waals surface area (Å²) in [5, 5.41) is 11.6. The van der Waals surface area contributed by atoms with Crippen LogP contribution in [0.5, 0.6) is 5.75 Å². The highest BCUT2D eigenvalue weighted by Crippen LogP contribution is 2.41. The standard InChI is InChI=1S/C27H35F3N2O2.2ClH/c28-27(29,30)34-24-12-10-23(11-13-24)25(26(33)14-5-2-6-15-26)21-32-17-7-16-31(18-19-32)20-22-8-3-1-4-9-22;;/h1,3-4,8-13,25,33H,2,5-7,14-21H2;2*1H. The lowest BCUT2D eigenvalue weighted by Gasteiger charge is -2.42. The van der Waals surface area contributed by atoms with Crippen LogP contribution in [0.1, 0.15) is 55.6 Å². The highest BCUT2D eigenvalue weighted by atomic mass is 35.5. The van der Waals surface area contributed by atoms with Crippen molar-refractivity contribution in [2.45, 2.75) is 63.0 Å². The predicted octanol–water partition coefficient (Wildman–Crippen LogP) is 6.42. The maximum atomic E-state index is 12.6. The quantitative estimate of drug-likeness (QED) is 0.433. The van der Waals surface area contributed by atoms with Gasteiger partial charge < -0.3 is 14.7 Å². The molecule has 2 aliphatic rings. The molecule has 1 N–H and O–H groups in total. The van der Waals surface area contributed by atoms with E-state index in [0.29, 0.717) is 6.54 Å². The fourth-order valence-electron chi connectivity index (χ4n) is 5.46. The minimum Gasteiger partial charge on any atom is -0.406 e. The van der Waals surface area contributed by atoms with Crippen LogP contribution >= 0.6 is 24.8 Å². The first-order valence-electron chi connectivity index (χ1n) is 12.4. The molecule has 1 heterocycles. The molecule has 1 atom stereocenters. The first-order valence-corrected chi connectivity index (χ1v) is 12.4. The summed E-state index contributed by atoms with van der Waals surface area (Å²) in [6.07, 6.45) is 0.876. The van der Waals surface area contributed by atoms with Crippen molar-refractivity contribution in [3.63, 3.8) is 0 Å². The third-order valence-electron chi connectivity index (χ3n) is 7.25. The van der Waals surface area contributed by atoms with Gasteiger partial charge in [-0.1, -0.05) is 61.7 Å². The first-order chi connectivity index (χ1) is 16.3. The van der Waals surface area contributed by atoms with Gasteiger partial charge >= 0.3 is 6.36 Å². The normalized spacial score (nSPS) is 19.9. The molecule has 1 saturated heterocycles. The van der Waals surface area contributed by atoms with E-state index in [1.54, 1.807) is 12.1 Å². The van der Waals surface area contributed by atoms with E-state index in [9.17, 15) is 18.3 Å². The summed E-state index contributed by atoms with van der Waals surface area (Å²) < 4.78 is 41.8. The van der Waals surface area contributed by atoms with E-state index in [1.165, 1.54) is 17.7 Å². The SMILES string of the molecule is Cl.Cl.OC1(C(CN2CCCN(Cc3ccccc3)CC2)c2ccc(OC(F)(F)F)cc2)CCCCC1. The Morgan fingerprint density at radius 3 is 2.06 bits per heavy atom. The van der Waals surface area contributed by atoms with Crippen LogP contribution in [0.25, 0.3) is 0 Å². The number of rotatable bonds is 7. The lowest BCUT2D eigenvalue weighted by atomic mass is 9.72. The molecule has 202 valence electrons. The van der Waals surface area contributed by atoms with Crippen LogP contribution in [0.3, 0.4) is 0 Å². The Morgan fingerprint density at radius 1 is 0.806 bits per heavy atom. The topological polar surface area (TPSA) is 35.9 Å². The molecule has 0 aromatic heterocycles. The highest BCUT2D eigenvalue weighted by molar-refractivity contribution is 5.85. The molecule has 1 saturated carbocycles. The van der Waals surface area contributed by atoms with Gasteiger partial charge in [-0.2, -0.15) is 0 Å². The Hall–Kier alpha value is -1.51. The lowest BCUT2D eigenvalue weighted by molar-refractivity contribution is -0.274. The van der Waals surface area contributed by atoms with E-state index in [0.717, 1.165) is 76.8 Å². The molecule has 0 amide bonds. The van der Waals surface area contributed by atoms with Crippen molar-refractivity contribution in [1.82, 2.24) is 9.80 Å². The highest BCUT2D eigenvalue weighted by Gasteiger charge is 2.40. The van der Waals surface area contributed by atoms with Crippen LogP contribution in [-0.2, 0) is 6.54 Å². The molecular weight excluding hydrogens is 512 g/mol. The first kappa shape index (κ1) is 30.7. The molecular formula is C27H37Cl2F3N2O2. The Balaban J connectivity index is 0.00000228. The minimum atomic E-state index is -4.71. The molecule has 9 heteroatoms. The fourth-order valence-corrected chi connectivity index (χ4v) is 5.46. The number of aliphatic hydroxyl groups is 1. The molecule has 2 aromatic carbocycles. The average molecular weight is 550 g/mol. The second-order valence-corrected chi connectivity index (χ2v) is 9.75. The lowest BCUT2D eigenvalue weighted by Crippen LogP contribution is -2.45. The number of halogens is 5. The molecule has 0 radical (unpaired) electrons. The van der Waals surface area contributed by atoms with Crippen molar-refractivity contribution in [3.05, 3.63) is 65.7 Å². The summed E-state index contributed by atoms with van der Waals surface area (Å²) in [6.45, 7) is 5.49. The molecule has 0 spiro atoms. The zero-order valence-electron chi connectivity index (χ0n) is 20.5. The molecule has 4 rings (SSSR count). The van der Waals surface area contributed by atoms with Gasteiger partial charge in [-0.3, -0.25) is 4.90 Å². The monoisotopic (exact) mass is 548 g/mol. The Kier molecular flexibility index (Phi) is 11.8. The number of hydrogen-bond donors (Lipinski definition) is 1. The fraction of sp³-hybridized carbons (Fsp3) is 0.556. The Bertz CT molecular complexity index is 894. The van der Waals surface area contributed by atoms with Gasteiger partial charge in [0.1, 0.15) is 5.75 Å². The number of nitrogens with zero attached hydrogens (tertiary/aromatic N) is 2. The van der Waals surface area contributed by atoms with Crippen LogP contribution in [0.4, 0.5) is 13.2 Å². The van der Waals surface area contributed by atoms with Crippen LogP contribution in [0.15, 0.2) is 54.6 Å². The zero-order valence-corrected chi connectivity index (χ0v) is 22.1. The third kappa shape index (κ3) is 8.80. The van der Waals surface area contributed by atoms with E-state index < -0.39 is 12.0 Å². The Morgan fingerprint density at radius 2 is 1.42 bits per heavy atom. The molecule has 2 aromatic rings. The maximum Gasteiger partial charge on any atom is 0.573 e. The van der Waals surface area contributed by atoms with Gasteiger partial charge in [-0.15, -0.1) is 38.0 Å². The van der Waals surface area contributed by atoms with E-state index in [-0.39, 0.29) is 36.5 Å². The summed E-state index contributed by atoms with van der Waals surface area (Å²) in [5.41, 5.74) is 1.36. The number of benzene rings is 2. The molecule has 2 fully saturated rings. The summed E-state index contributed by atoms with van der Waals surface area (Å²) in [7, 11) is 0. The van der Waals surface area contributed by atoms with Crippen LogP contribution in [0.2, 0.25) is 0 Å². The van der Waals surface area contributed by atoms with E-state index in [2.05, 4.69) is 38.8 Å². The van der Waals surface area contributed by atoms with Gasteiger partial charge in [-0.05, 0) is 55.6 Å². The van der Waals surface area contributed by atoms with Gasteiger partial charge in [0.15, 0.2) is 0 Å². The van der Waals surface area contributed by atoms with Gasteiger partial charge in [0.05, 0.1) is 5.60 Å². The summed E-state index contributed by atoms with van der Waals surface area (Å²) in [4.78, 5) is 4.89. The van der Waals surface area contributed by atoms with Crippen molar-refractivity contribution in [3.8, 4) is 5.75 Å². The van der Waals surface area contributed by atoms with Gasteiger partial charge in [-0.25, -0.2) is 0 Å². The molecule has 1 aliphatic carbocycles.